The Balaban J connectivity index is 2.32. The molecule has 0 bridgehead atoms. The smallest absolute Gasteiger partial charge is 0.299 e. The largest absolute Gasteiger partial charge is 0.328 e. The van der Waals surface area contributed by atoms with E-state index in [1.54, 1.807) is 9.13 Å². The summed E-state index contributed by atoms with van der Waals surface area (Å²) in [5.74, 6) is 0. The van der Waals surface area contributed by atoms with Gasteiger partial charge < -0.3 is 0 Å². The molecule has 5 nitrogen and oxygen atoms in total. The third-order valence-corrected chi connectivity index (χ3v) is 4.00. The van der Waals surface area contributed by atoms with Gasteiger partial charge in [-0.1, -0.05) is 6.92 Å². The Labute approximate surface area is 114 Å². The topological polar surface area (TPSA) is 44.8 Å². The lowest BCUT2D eigenvalue weighted by Gasteiger charge is -2.03. The van der Waals surface area contributed by atoms with E-state index in [9.17, 15) is 4.79 Å². The molecule has 0 saturated carbocycles. The molecule has 6 heteroatoms. The van der Waals surface area contributed by atoms with Crippen molar-refractivity contribution in [2.45, 2.75) is 33.4 Å². The zero-order chi connectivity index (χ0) is 13.3. The standard InChI is InChI=1S/C12H17BrN4O/c1-4-5-16-6-7-17(12(16)18)8-10-11(13)9(2)14-15(10)3/h6-7H,4-5,8H2,1-3H3. The van der Waals surface area contributed by atoms with Crippen LogP contribution in [0.15, 0.2) is 21.7 Å². The van der Waals surface area contributed by atoms with Crippen LogP contribution in [0.4, 0.5) is 0 Å². The summed E-state index contributed by atoms with van der Waals surface area (Å²) in [6.07, 6.45) is 4.62. The van der Waals surface area contributed by atoms with Gasteiger partial charge in [0.05, 0.1) is 22.4 Å². The second kappa shape index (κ2) is 5.14. The normalized spacial score (nSPS) is 11.1. The molecule has 0 spiro atoms. The average molecular weight is 313 g/mol. The average Bonchev–Trinajstić information content (AvgIpc) is 2.78. The number of hydrogen-bond acceptors (Lipinski definition) is 2. The van der Waals surface area contributed by atoms with Crippen molar-refractivity contribution >= 4 is 15.9 Å². The van der Waals surface area contributed by atoms with Crippen LogP contribution in [0, 0.1) is 6.92 Å². The van der Waals surface area contributed by atoms with E-state index in [1.165, 1.54) is 0 Å². The molecule has 2 heterocycles. The van der Waals surface area contributed by atoms with E-state index in [2.05, 4.69) is 28.0 Å². The van der Waals surface area contributed by atoms with Crippen LogP contribution < -0.4 is 5.69 Å². The van der Waals surface area contributed by atoms with Crippen molar-refractivity contribution in [1.82, 2.24) is 18.9 Å². The molecular weight excluding hydrogens is 296 g/mol. The molecule has 98 valence electrons. The van der Waals surface area contributed by atoms with Gasteiger partial charge in [-0.05, 0) is 29.3 Å². The lowest BCUT2D eigenvalue weighted by molar-refractivity contribution is 0.604. The number of hydrogen-bond donors (Lipinski definition) is 0. The fourth-order valence-electron chi connectivity index (χ4n) is 2.00. The number of nitrogens with zero attached hydrogens (tertiary/aromatic N) is 4. The number of imidazole rings is 1. The first kappa shape index (κ1) is 13.1. The third kappa shape index (κ3) is 2.29. The van der Waals surface area contributed by atoms with Crippen LogP contribution in [0.2, 0.25) is 0 Å². The van der Waals surface area contributed by atoms with E-state index in [4.69, 9.17) is 0 Å². The summed E-state index contributed by atoms with van der Waals surface area (Å²) in [6, 6.07) is 0. The van der Waals surface area contributed by atoms with E-state index >= 15 is 0 Å². The first-order valence-corrected chi connectivity index (χ1v) is 6.77. The van der Waals surface area contributed by atoms with Crippen LogP contribution in [0.25, 0.3) is 0 Å². The van der Waals surface area contributed by atoms with Gasteiger partial charge in [-0.2, -0.15) is 5.10 Å². The van der Waals surface area contributed by atoms with E-state index in [1.807, 2.05) is 31.0 Å². The lowest BCUT2D eigenvalue weighted by atomic mass is 10.3. The van der Waals surface area contributed by atoms with Crippen molar-refractivity contribution in [1.29, 1.82) is 0 Å². The second-order valence-electron chi connectivity index (χ2n) is 4.37. The van der Waals surface area contributed by atoms with Gasteiger partial charge in [-0.3, -0.25) is 13.8 Å². The van der Waals surface area contributed by atoms with Crippen LogP contribution in [0.5, 0.6) is 0 Å². The van der Waals surface area contributed by atoms with Crippen molar-refractivity contribution in [2.75, 3.05) is 0 Å². The Morgan fingerprint density at radius 2 is 2.00 bits per heavy atom. The quantitative estimate of drug-likeness (QED) is 0.865. The predicted octanol–water partition coefficient (Wildman–Crippen LogP) is 1.91. The number of aryl methyl sites for hydroxylation is 3. The van der Waals surface area contributed by atoms with Gasteiger partial charge in [0.15, 0.2) is 0 Å². The molecule has 0 aliphatic carbocycles. The van der Waals surface area contributed by atoms with Crippen molar-refractivity contribution in [2.24, 2.45) is 7.05 Å². The van der Waals surface area contributed by atoms with Gasteiger partial charge in [-0.15, -0.1) is 0 Å². The van der Waals surface area contributed by atoms with Gasteiger partial charge in [0, 0.05) is 26.0 Å². The van der Waals surface area contributed by atoms with Gasteiger partial charge in [0.25, 0.3) is 0 Å². The SMILES string of the molecule is CCCn1ccn(Cc2c(Br)c(C)nn2C)c1=O. The van der Waals surface area contributed by atoms with E-state index in [0.717, 1.165) is 28.8 Å². The molecule has 18 heavy (non-hydrogen) atoms. The Bertz CT molecular complexity index is 608. The maximum absolute atomic E-state index is 12.1. The van der Waals surface area contributed by atoms with Crippen LogP contribution in [-0.4, -0.2) is 18.9 Å². The van der Waals surface area contributed by atoms with Gasteiger partial charge in [-0.25, -0.2) is 4.79 Å². The molecule has 0 N–H and O–H groups in total. The minimum Gasteiger partial charge on any atom is -0.299 e. The highest BCUT2D eigenvalue weighted by Crippen LogP contribution is 2.20. The molecular formula is C12H17BrN4O. The molecule has 2 rings (SSSR count). The van der Waals surface area contributed by atoms with Crippen molar-refractivity contribution in [3.05, 3.63) is 38.7 Å². The molecule has 0 unspecified atom stereocenters. The first-order valence-electron chi connectivity index (χ1n) is 5.98. The van der Waals surface area contributed by atoms with Crippen LogP contribution in [-0.2, 0) is 20.1 Å². The summed E-state index contributed by atoms with van der Waals surface area (Å²) >= 11 is 3.52. The minimum absolute atomic E-state index is 0.0302. The van der Waals surface area contributed by atoms with E-state index in [0.29, 0.717) is 6.54 Å². The summed E-state index contributed by atoms with van der Waals surface area (Å²) in [6.45, 7) is 5.30. The summed E-state index contributed by atoms with van der Waals surface area (Å²) < 4.78 is 6.22. The molecule has 0 aromatic carbocycles. The molecule has 0 aliphatic rings. The van der Waals surface area contributed by atoms with Crippen molar-refractivity contribution in [3.63, 3.8) is 0 Å². The number of aromatic nitrogens is 4. The molecule has 0 atom stereocenters. The zero-order valence-electron chi connectivity index (χ0n) is 10.9. The molecule has 0 amide bonds. The van der Waals surface area contributed by atoms with Crippen molar-refractivity contribution in [3.8, 4) is 0 Å². The van der Waals surface area contributed by atoms with E-state index < -0.39 is 0 Å². The van der Waals surface area contributed by atoms with Crippen LogP contribution >= 0.6 is 15.9 Å². The summed E-state index contributed by atoms with van der Waals surface area (Å²) in [4.78, 5) is 12.1. The molecule has 0 aliphatic heterocycles. The third-order valence-electron chi connectivity index (χ3n) is 2.96. The molecule has 2 aromatic heterocycles. The Morgan fingerprint density at radius 3 is 2.56 bits per heavy atom. The van der Waals surface area contributed by atoms with Crippen molar-refractivity contribution < 1.29 is 0 Å². The summed E-state index contributed by atoms with van der Waals surface area (Å²) in [7, 11) is 1.89. The van der Waals surface area contributed by atoms with E-state index in [-0.39, 0.29) is 5.69 Å². The highest BCUT2D eigenvalue weighted by Gasteiger charge is 2.12. The van der Waals surface area contributed by atoms with Crippen LogP contribution in [0.1, 0.15) is 24.7 Å². The lowest BCUT2D eigenvalue weighted by Crippen LogP contribution is -2.25. The first-order chi connectivity index (χ1) is 8.54. The van der Waals surface area contributed by atoms with Gasteiger partial charge in [0.2, 0.25) is 0 Å². The minimum atomic E-state index is 0.0302. The molecule has 0 saturated heterocycles. The maximum Gasteiger partial charge on any atom is 0.328 e. The van der Waals surface area contributed by atoms with Gasteiger partial charge >= 0.3 is 5.69 Å². The summed E-state index contributed by atoms with van der Waals surface area (Å²) in [5.41, 5.74) is 1.97. The fraction of sp³-hybridized carbons (Fsp3) is 0.500. The number of halogens is 1. The monoisotopic (exact) mass is 312 g/mol. The molecule has 0 fully saturated rings. The van der Waals surface area contributed by atoms with Crippen LogP contribution in [0.3, 0.4) is 0 Å². The summed E-state index contributed by atoms with van der Waals surface area (Å²) in [5, 5.41) is 4.33. The maximum atomic E-state index is 12.1. The second-order valence-corrected chi connectivity index (χ2v) is 5.16. The molecule has 2 aromatic rings. The molecule has 0 radical (unpaired) electrons. The predicted molar refractivity (Wildman–Crippen MR) is 73.7 cm³/mol. The fourth-order valence-corrected chi connectivity index (χ4v) is 2.46. The number of rotatable bonds is 4. The highest BCUT2D eigenvalue weighted by molar-refractivity contribution is 9.10. The Hall–Kier alpha value is -1.30. The Kier molecular flexibility index (Phi) is 3.75. The van der Waals surface area contributed by atoms with Gasteiger partial charge in [0.1, 0.15) is 0 Å². The zero-order valence-corrected chi connectivity index (χ0v) is 12.4. The highest BCUT2D eigenvalue weighted by atomic mass is 79.9. The Morgan fingerprint density at radius 1 is 1.33 bits per heavy atom.